The van der Waals surface area contributed by atoms with Gasteiger partial charge in [-0.25, -0.2) is 13.1 Å². The lowest BCUT2D eigenvalue weighted by Crippen LogP contribution is -2.44. The van der Waals surface area contributed by atoms with Crippen LogP contribution in [0.1, 0.15) is 12.8 Å². The number of nitrogens with one attached hydrogen (secondary N) is 1. The maximum absolute atomic E-state index is 12.6. The summed E-state index contributed by atoms with van der Waals surface area (Å²) in [5.41, 5.74) is 0. The summed E-state index contributed by atoms with van der Waals surface area (Å²) in [6, 6.07) is 13.0. The van der Waals surface area contributed by atoms with Crippen LogP contribution in [0.25, 0.3) is 10.8 Å². The summed E-state index contributed by atoms with van der Waals surface area (Å²) >= 11 is 0. The Morgan fingerprint density at radius 1 is 0.960 bits per heavy atom. The zero-order chi connectivity index (χ0) is 17.7. The molecule has 1 aliphatic rings. The lowest BCUT2D eigenvalue weighted by atomic mass is 10.1. The first-order valence-electron chi connectivity index (χ1n) is 8.94. The first-order valence-corrected chi connectivity index (χ1v) is 10.4. The predicted molar refractivity (Wildman–Crippen MR) is 102 cm³/mol. The second kappa shape index (κ2) is 8.27. The Morgan fingerprint density at radius 3 is 2.48 bits per heavy atom. The van der Waals surface area contributed by atoms with Crippen molar-refractivity contribution < 1.29 is 8.42 Å². The zero-order valence-electron chi connectivity index (χ0n) is 14.8. The largest absolute Gasteiger partial charge is 0.304 e. The van der Waals surface area contributed by atoms with E-state index >= 15 is 0 Å². The SMILES string of the molecule is CN1CCN(CCCCNS(=O)(=O)c2cccc3ccccc23)CC1. The van der Waals surface area contributed by atoms with Crippen molar-refractivity contribution in [3.63, 3.8) is 0 Å². The van der Waals surface area contributed by atoms with Gasteiger partial charge in [-0.1, -0.05) is 36.4 Å². The third-order valence-corrected chi connectivity index (χ3v) is 6.35. The van der Waals surface area contributed by atoms with Crippen LogP contribution in [0.5, 0.6) is 0 Å². The minimum absolute atomic E-state index is 0.365. The smallest absolute Gasteiger partial charge is 0.241 e. The van der Waals surface area contributed by atoms with Gasteiger partial charge in [-0.3, -0.25) is 0 Å². The average molecular weight is 362 g/mol. The van der Waals surface area contributed by atoms with Gasteiger partial charge < -0.3 is 9.80 Å². The van der Waals surface area contributed by atoms with Gasteiger partial charge in [-0.2, -0.15) is 0 Å². The highest BCUT2D eigenvalue weighted by Gasteiger charge is 2.17. The minimum Gasteiger partial charge on any atom is -0.304 e. The number of unbranched alkanes of at least 4 members (excludes halogenated alkanes) is 1. The van der Waals surface area contributed by atoms with E-state index < -0.39 is 10.0 Å². The molecule has 3 rings (SSSR count). The summed E-state index contributed by atoms with van der Waals surface area (Å²) in [4.78, 5) is 5.17. The minimum atomic E-state index is -3.47. The Bertz CT molecular complexity index is 794. The second-order valence-corrected chi connectivity index (χ2v) is 8.46. The third kappa shape index (κ3) is 4.79. The molecule has 2 aromatic carbocycles. The van der Waals surface area contributed by atoms with Gasteiger partial charge >= 0.3 is 0 Å². The van der Waals surface area contributed by atoms with Gasteiger partial charge in [0, 0.05) is 38.1 Å². The molecule has 5 nitrogen and oxygen atoms in total. The Labute approximate surface area is 150 Å². The van der Waals surface area contributed by atoms with E-state index in [4.69, 9.17) is 0 Å². The van der Waals surface area contributed by atoms with E-state index in [0.717, 1.165) is 56.3 Å². The van der Waals surface area contributed by atoms with Gasteiger partial charge in [0.25, 0.3) is 0 Å². The van der Waals surface area contributed by atoms with Crippen LogP contribution >= 0.6 is 0 Å². The molecule has 0 amide bonds. The molecule has 0 saturated carbocycles. The maximum atomic E-state index is 12.6. The van der Waals surface area contributed by atoms with Crippen LogP contribution in [0.4, 0.5) is 0 Å². The number of rotatable bonds is 7. The topological polar surface area (TPSA) is 52.6 Å². The normalized spacial score (nSPS) is 17.2. The van der Waals surface area contributed by atoms with E-state index in [-0.39, 0.29) is 0 Å². The zero-order valence-corrected chi connectivity index (χ0v) is 15.6. The van der Waals surface area contributed by atoms with Gasteiger partial charge in [-0.15, -0.1) is 0 Å². The number of hydrogen-bond donors (Lipinski definition) is 1. The first kappa shape index (κ1) is 18.3. The quantitative estimate of drug-likeness (QED) is 0.768. The molecule has 0 atom stereocenters. The summed E-state index contributed by atoms with van der Waals surface area (Å²) in [5.74, 6) is 0. The lowest BCUT2D eigenvalue weighted by molar-refractivity contribution is 0.152. The molecule has 0 bridgehead atoms. The van der Waals surface area contributed by atoms with Crippen LogP contribution in [0, 0.1) is 0 Å². The molecule has 0 aromatic heterocycles. The van der Waals surface area contributed by atoms with E-state index in [1.807, 2.05) is 30.3 Å². The summed E-state index contributed by atoms with van der Waals surface area (Å²) in [5, 5.41) is 1.72. The number of benzene rings is 2. The van der Waals surface area contributed by atoms with E-state index in [0.29, 0.717) is 11.4 Å². The van der Waals surface area contributed by atoms with Gasteiger partial charge in [0.05, 0.1) is 4.90 Å². The van der Waals surface area contributed by atoms with Crippen LogP contribution in [-0.2, 0) is 10.0 Å². The number of sulfonamides is 1. The van der Waals surface area contributed by atoms with Crippen molar-refractivity contribution in [3.05, 3.63) is 42.5 Å². The summed E-state index contributed by atoms with van der Waals surface area (Å²) in [6.45, 7) is 5.99. The van der Waals surface area contributed by atoms with E-state index in [1.165, 1.54) is 0 Å². The molecule has 1 heterocycles. The molecular weight excluding hydrogens is 334 g/mol. The molecule has 0 radical (unpaired) electrons. The molecule has 1 aliphatic heterocycles. The Kier molecular flexibility index (Phi) is 6.06. The van der Waals surface area contributed by atoms with E-state index in [2.05, 4.69) is 21.6 Å². The molecule has 0 aliphatic carbocycles. The van der Waals surface area contributed by atoms with Crippen molar-refractivity contribution in [1.82, 2.24) is 14.5 Å². The van der Waals surface area contributed by atoms with Crippen molar-refractivity contribution in [3.8, 4) is 0 Å². The number of nitrogens with zero attached hydrogens (tertiary/aromatic N) is 2. The fourth-order valence-corrected chi connectivity index (χ4v) is 4.55. The third-order valence-electron chi connectivity index (χ3n) is 4.83. The van der Waals surface area contributed by atoms with Gasteiger partial charge in [0.1, 0.15) is 0 Å². The van der Waals surface area contributed by atoms with E-state index in [1.54, 1.807) is 12.1 Å². The standard InChI is InChI=1S/C19H27N3O2S/c1-21-13-15-22(16-14-21)12-5-4-11-20-25(23,24)19-10-6-8-17-7-2-3-9-18(17)19/h2-3,6-10,20H,4-5,11-16H2,1H3. The molecule has 25 heavy (non-hydrogen) atoms. The molecule has 0 unspecified atom stereocenters. The van der Waals surface area contributed by atoms with Crippen LogP contribution < -0.4 is 4.72 Å². The highest BCUT2D eigenvalue weighted by atomic mass is 32.2. The maximum Gasteiger partial charge on any atom is 0.241 e. The summed E-state index contributed by atoms with van der Waals surface area (Å²) in [7, 11) is -1.32. The van der Waals surface area contributed by atoms with Crippen molar-refractivity contribution >= 4 is 20.8 Å². The molecule has 1 saturated heterocycles. The number of likely N-dealkylation sites (N-methyl/N-ethyl adjacent to an activating group) is 1. The number of hydrogen-bond acceptors (Lipinski definition) is 4. The Balaban J connectivity index is 1.50. The highest BCUT2D eigenvalue weighted by molar-refractivity contribution is 7.89. The Hall–Kier alpha value is -1.47. The first-order chi connectivity index (χ1) is 12.1. The molecule has 136 valence electrons. The fraction of sp³-hybridized carbons (Fsp3) is 0.474. The molecule has 1 N–H and O–H groups in total. The molecule has 6 heteroatoms. The van der Waals surface area contributed by atoms with Crippen LogP contribution in [0.15, 0.2) is 47.4 Å². The molecule has 2 aromatic rings. The van der Waals surface area contributed by atoms with Gasteiger partial charge in [-0.05, 0) is 37.9 Å². The van der Waals surface area contributed by atoms with Crippen LogP contribution in [-0.4, -0.2) is 64.5 Å². The summed E-state index contributed by atoms with van der Waals surface area (Å²) in [6.07, 6.45) is 1.87. The fourth-order valence-electron chi connectivity index (χ4n) is 3.25. The predicted octanol–water partition coefficient (Wildman–Crippen LogP) is 2.15. The van der Waals surface area contributed by atoms with Crippen molar-refractivity contribution in [2.45, 2.75) is 17.7 Å². The average Bonchev–Trinajstić information content (AvgIpc) is 2.62. The van der Waals surface area contributed by atoms with Gasteiger partial charge in [0.2, 0.25) is 10.0 Å². The molecule has 1 fully saturated rings. The highest BCUT2D eigenvalue weighted by Crippen LogP contribution is 2.22. The second-order valence-electron chi connectivity index (χ2n) is 6.73. The Morgan fingerprint density at radius 2 is 1.68 bits per heavy atom. The van der Waals surface area contributed by atoms with Crippen molar-refractivity contribution in [2.24, 2.45) is 0 Å². The van der Waals surface area contributed by atoms with Crippen LogP contribution in [0.2, 0.25) is 0 Å². The number of fused-ring (bicyclic) bond motifs is 1. The monoisotopic (exact) mass is 361 g/mol. The van der Waals surface area contributed by atoms with Gasteiger partial charge in [0.15, 0.2) is 0 Å². The van der Waals surface area contributed by atoms with E-state index in [9.17, 15) is 8.42 Å². The summed E-state index contributed by atoms with van der Waals surface area (Å²) < 4.78 is 28.0. The van der Waals surface area contributed by atoms with Crippen LogP contribution in [0.3, 0.4) is 0 Å². The molecule has 0 spiro atoms. The van der Waals surface area contributed by atoms with Crippen molar-refractivity contribution in [2.75, 3.05) is 46.3 Å². The molecular formula is C19H27N3O2S. The van der Waals surface area contributed by atoms with Crippen molar-refractivity contribution in [1.29, 1.82) is 0 Å². The number of piperazine rings is 1. The lowest BCUT2D eigenvalue weighted by Gasteiger charge is -2.32.